The summed E-state index contributed by atoms with van der Waals surface area (Å²) in [5.41, 5.74) is 7.37. The van der Waals surface area contributed by atoms with Gasteiger partial charge < -0.3 is 20.5 Å². The Morgan fingerprint density at radius 1 is 1.52 bits per heavy atom. The number of ether oxygens (including phenoxy) is 2. The van der Waals surface area contributed by atoms with Crippen LogP contribution >= 0.6 is 0 Å². The van der Waals surface area contributed by atoms with Crippen molar-refractivity contribution in [1.29, 1.82) is 0 Å². The maximum absolute atomic E-state index is 11.6. The Bertz CT molecular complexity index is 467. The number of rotatable bonds is 8. The largest absolute Gasteiger partial charge is 0.447 e. The third kappa shape index (κ3) is 4.34. The summed E-state index contributed by atoms with van der Waals surface area (Å²) < 4.78 is 10.2. The van der Waals surface area contributed by atoms with Gasteiger partial charge in [0.2, 0.25) is 0 Å². The van der Waals surface area contributed by atoms with Gasteiger partial charge in [0, 0.05) is 24.5 Å². The zero-order chi connectivity index (χ0) is 15.1. The highest BCUT2D eigenvalue weighted by molar-refractivity contribution is 5.89. The van der Waals surface area contributed by atoms with Gasteiger partial charge >= 0.3 is 6.09 Å². The lowest BCUT2D eigenvalue weighted by molar-refractivity contribution is 0.181. The molecule has 1 aliphatic heterocycles. The molecule has 116 valence electrons. The van der Waals surface area contributed by atoms with Gasteiger partial charge in [-0.25, -0.2) is 4.79 Å². The van der Waals surface area contributed by atoms with E-state index in [9.17, 15) is 4.79 Å². The van der Waals surface area contributed by atoms with Crippen LogP contribution in [-0.4, -0.2) is 45.5 Å². The number of carbonyl (C=O) groups excluding carboxylic acids is 1. The topological polar surface area (TPSA) is 76.8 Å². The van der Waals surface area contributed by atoms with Crippen LogP contribution < -0.4 is 16.0 Å². The maximum Gasteiger partial charge on any atom is 0.414 e. The van der Waals surface area contributed by atoms with Crippen molar-refractivity contribution in [1.82, 2.24) is 0 Å². The van der Waals surface area contributed by atoms with Gasteiger partial charge in [0.25, 0.3) is 0 Å². The highest BCUT2D eigenvalue weighted by atomic mass is 16.6. The highest BCUT2D eigenvalue weighted by Gasteiger charge is 2.23. The molecule has 6 nitrogen and oxygen atoms in total. The lowest BCUT2D eigenvalue weighted by Gasteiger charge is -2.20. The molecule has 1 unspecified atom stereocenters. The van der Waals surface area contributed by atoms with E-state index < -0.39 is 0 Å². The van der Waals surface area contributed by atoms with E-state index in [2.05, 4.69) is 5.32 Å². The first-order valence-electron chi connectivity index (χ1n) is 7.24. The third-order valence-corrected chi connectivity index (χ3v) is 3.41. The van der Waals surface area contributed by atoms with E-state index in [4.69, 9.17) is 15.2 Å². The molecular weight excluding hydrogens is 270 g/mol. The van der Waals surface area contributed by atoms with Crippen LogP contribution in [0.2, 0.25) is 0 Å². The summed E-state index contributed by atoms with van der Waals surface area (Å²) in [5, 5.41) is 3.43. The fourth-order valence-corrected chi connectivity index (χ4v) is 2.39. The summed E-state index contributed by atoms with van der Waals surface area (Å²) in [6, 6.07) is 7.98. The molecule has 1 atom stereocenters. The predicted molar refractivity (Wildman–Crippen MR) is 82.7 cm³/mol. The number of carbonyl (C=O) groups is 1. The van der Waals surface area contributed by atoms with E-state index in [0.29, 0.717) is 26.3 Å². The average Bonchev–Trinajstić information content (AvgIpc) is 2.91. The lowest BCUT2D eigenvalue weighted by atomic mass is 10.1. The molecule has 1 aromatic carbocycles. The highest BCUT2D eigenvalue weighted by Crippen LogP contribution is 2.23. The second-order valence-corrected chi connectivity index (χ2v) is 5.04. The molecule has 0 saturated carbocycles. The van der Waals surface area contributed by atoms with E-state index in [-0.39, 0.29) is 12.1 Å². The Kier molecular flexibility index (Phi) is 5.83. The Morgan fingerprint density at radius 3 is 3.05 bits per heavy atom. The monoisotopic (exact) mass is 293 g/mol. The normalized spacial score (nSPS) is 15.9. The first kappa shape index (κ1) is 15.6. The first-order chi connectivity index (χ1) is 10.2. The number of anilines is 2. The molecule has 0 aromatic heterocycles. The van der Waals surface area contributed by atoms with Crippen molar-refractivity contribution >= 4 is 17.5 Å². The van der Waals surface area contributed by atoms with E-state index >= 15 is 0 Å². The first-order valence-corrected chi connectivity index (χ1v) is 7.24. The van der Waals surface area contributed by atoms with Crippen molar-refractivity contribution in [2.45, 2.75) is 18.9 Å². The number of nitrogens with one attached hydrogen (secondary N) is 1. The number of amides is 1. The molecular formula is C15H23N3O3. The number of hydrogen-bond acceptors (Lipinski definition) is 5. The second-order valence-electron chi connectivity index (χ2n) is 5.04. The minimum atomic E-state index is -0.288. The van der Waals surface area contributed by atoms with E-state index in [1.807, 2.05) is 24.3 Å². The summed E-state index contributed by atoms with van der Waals surface area (Å²) in [5.74, 6) is 0. The molecule has 1 aromatic rings. The van der Waals surface area contributed by atoms with Gasteiger partial charge in [-0.3, -0.25) is 4.90 Å². The van der Waals surface area contributed by atoms with Crippen molar-refractivity contribution in [3.63, 3.8) is 0 Å². The Morgan fingerprint density at radius 2 is 2.38 bits per heavy atom. The molecule has 0 bridgehead atoms. The Balaban J connectivity index is 2.03. The summed E-state index contributed by atoms with van der Waals surface area (Å²) in [6.45, 7) is 2.33. The zero-order valence-corrected chi connectivity index (χ0v) is 12.4. The number of nitrogens with two attached hydrogens (primary N) is 1. The number of nitrogens with zero attached hydrogens (tertiary/aromatic N) is 1. The van der Waals surface area contributed by atoms with E-state index in [0.717, 1.165) is 24.2 Å². The number of hydrogen-bond donors (Lipinski definition) is 2. The van der Waals surface area contributed by atoms with E-state index in [1.165, 1.54) is 0 Å². The molecule has 1 amide bonds. The minimum absolute atomic E-state index is 0.208. The van der Waals surface area contributed by atoms with Crippen LogP contribution in [0, 0.1) is 0 Å². The van der Waals surface area contributed by atoms with Gasteiger partial charge in [-0.05, 0) is 37.6 Å². The lowest BCUT2D eigenvalue weighted by Crippen LogP contribution is -2.26. The van der Waals surface area contributed by atoms with Crippen molar-refractivity contribution in [3.8, 4) is 0 Å². The summed E-state index contributed by atoms with van der Waals surface area (Å²) in [7, 11) is 1.69. The van der Waals surface area contributed by atoms with Crippen LogP contribution in [0.15, 0.2) is 24.3 Å². The van der Waals surface area contributed by atoms with Crippen molar-refractivity contribution in [2.24, 2.45) is 5.73 Å². The van der Waals surface area contributed by atoms with Gasteiger partial charge in [0.15, 0.2) is 0 Å². The summed E-state index contributed by atoms with van der Waals surface area (Å²) in [6.07, 6.45) is 1.60. The van der Waals surface area contributed by atoms with Crippen LogP contribution in [0.4, 0.5) is 16.2 Å². The van der Waals surface area contributed by atoms with Crippen LogP contribution in [0.25, 0.3) is 0 Å². The number of benzene rings is 1. The van der Waals surface area contributed by atoms with Crippen LogP contribution in [0.3, 0.4) is 0 Å². The number of cyclic esters (lactones) is 1. The molecule has 1 saturated heterocycles. The smallest absolute Gasteiger partial charge is 0.414 e. The zero-order valence-electron chi connectivity index (χ0n) is 12.4. The van der Waals surface area contributed by atoms with E-state index in [1.54, 1.807) is 12.0 Å². The quantitative estimate of drug-likeness (QED) is 0.764. The summed E-state index contributed by atoms with van der Waals surface area (Å²) >= 11 is 0. The van der Waals surface area contributed by atoms with Crippen molar-refractivity contribution in [2.75, 3.05) is 43.6 Å². The molecule has 2 rings (SSSR count). The Labute approximate surface area is 125 Å². The third-order valence-electron chi connectivity index (χ3n) is 3.41. The fraction of sp³-hybridized carbons (Fsp3) is 0.533. The molecule has 0 aliphatic carbocycles. The molecule has 1 fully saturated rings. The van der Waals surface area contributed by atoms with Gasteiger partial charge in [0.05, 0.1) is 13.2 Å². The van der Waals surface area contributed by atoms with Gasteiger partial charge in [-0.15, -0.1) is 0 Å². The second kappa shape index (κ2) is 7.85. The molecule has 3 N–H and O–H groups in total. The standard InChI is InChI=1S/C15H23N3O3/c1-20-11-13(5-3-7-16)17-12-4-2-6-14(10-12)18-8-9-21-15(18)19/h2,4,6,10,13,17H,3,5,7-9,11,16H2,1H3. The molecule has 1 heterocycles. The van der Waals surface area contributed by atoms with Crippen LogP contribution in [0.1, 0.15) is 12.8 Å². The molecule has 0 spiro atoms. The van der Waals surface area contributed by atoms with Gasteiger partial charge in [0.1, 0.15) is 6.61 Å². The van der Waals surface area contributed by atoms with Crippen molar-refractivity contribution < 1.29 is 14.3 Å². The molecule has 21 heavy (non-hydrogen) atoms. The maximum atomic E-state index is 11.6. The fourth-order valence-electron chi connectivity index (χ4n) is 2.39. The Hall–Kier alpha value is -1.79. The van der Waals surface area contributed by atoms with Crippen LogP contribution in [-0.2, 0) is 9.47 Å². The minimum Gasteiger partial charge on any atom is -0.447 e. The van der Waals surface area contributed by atoms with Gasteiger partial charge in [-0.2, -0.15) is 0 Å². The summed E-state index contributed by atoms with van der Waals surface area (Å²) in [4.78, 5) is 13.2. The van der Waals surface area contributed by atoms with Gasteiger partial charge in [-0.1, -0.05) is 6.07 Å². The average molecular weight is 293 g/mol. The SMILES string of the molecule is COCC(CCCN)Nc1cccc(N2CCOC2=O)c1. The predicted octanol–water partition coefficient (Wildman–Crippen LogP) is 1.81. The molecule has 0 radical (unpaired) electrons. The molecule has 6 heteroatoms. The number of methoxy groups -OCH3 is 1. The molecule has 1 aliphatic rings. The van der Waals surface area contributed by atoms with Crippen molar-refractivity contribution in [3.05, 3.63) is 24.3 Å². The van der Waals surface area contributed by atoms with Crippen LogP contribution in [0.5, 0.6) is 0 Å².